The molecule has 0 saturated carbocycles. The van der Waals surface area contributed by atoms with Gasteiger partial charge in [0.25, 0.3) is 5.91 Å². The zero-order chi connectivity index (χ0) is 16.1. The summed E-state index contributed by atoms with van der Waals surface area (Å²) < 4.78 is 0. The van der Waals surface area contributed by atoms with Gasteiger partial charge < -0.3 is 10.6 Å². The van der Waals surface area contributed by atoms with Crippen LogP contribution >= 0.6 is 0 Å². The van der Waals surface area contributed by atoms with E-state index in [9.17, 15) is 9.59 Å². The van der Waals surface area contributed by atoms with Gasteiger partial charge in [-0.2, -0.15) is 0 Å². The fourth-order valence-corrected chi connectivity index (χ4v) is 2.30. The molecule has 0 heterocycles. The Balaban J connectivity index is 1.91. The van der Waals surface area contributed by atoms with Gasteiger partial charge in [0.15, 0.2) is 0 Å². The molecule has 0 spiro atoms. The van der Waals surface area contributed by atoms with Crippen molar-refractivity contribution in [3.63, 3.8) is 0 Å². The predicted octanol–water partition coefficient (Wildman–Crippen LogP) is 2.98. The van der Waals surface area contributed by atoms with Crippen molar-refractivity contribution < 1.29 is 9.59 Å². The molecule has 0 aliphatic heterocycles. The first-order valence-corrected chi connectivity index (χ1v) is 7.17. The van der Waals surface area contributed by atoms with E-state index in [0.29, 0.717) is 5.56 Å². The molecule has 0 bridgehead atoms. The third-order valence-electron chi connectivity index (χ3n) is 3.20. The van der Waals surface area contributed by atoms with Crippen LogP contribution in [0.25, 0.3) is 0 Å². The molecule has 0 atom stereocenters. The highest BCUT2D eigenvalue weighted by atomic mass is 16.2. The average Bonchev–Trinajstić information content (AvgIpc) is 2.43. The topological polar surface area (TPSA) is 58.2 Å². The smallest absolute Gasteiger partial charge is 0.251 e. The molecule has 4 nitrogen and oxygen atoms in total. The van der Waals surface area contributed by atoms with Crippen molar-refractivity contribution in [1.29, 1.82) is 0 Å². The number of aryl methyl sites for hydroxylation is 3. The van der Waals surface area contributed by atoms with Crippen molar-refractivity contribution in [2.75, 3.05) is 11.9 Å². The van der Waals surface area contributed by atoms with E-state index < -0.39 is 0 Å². The monoisotopic (exact) mass is 296 g/mol. The van der Waals surface area contributed by atoms with Crippen molar-refractivity contribution in [3.05, 3.63) is 64.7 Å². The van der Waals surface area contributed by atoms with E-state index in [-0.39, 0.29) is 18.4 Å². The van der Waals surface area contributed by atoms with Crippen molar-refractivity contribution in [3.8, 4) is 0 Å². The second kappa shape index (κ2) is 6.89. The van der Waals surface area contributed by atoms with Crippen LogP contribution < -0.4 is 10.6 Å². The molecule has 2 aromatic rings. The largest absolute Gasteiger partial charge is 0.343 e. The first-order chi connectivity index (χ1) is 10.4. The highest BCUT2D eigenvalue weighted by Gasteiger charge is 2.08. The number of carbonyl (C=O) groups is 2. The highest BCUT2D eigenvalue weighted by molar-refractivity contribution is 5.99. The van der Waals surface area contributed by atoms with Crippen LogP contribution in [0.3, 0.4) is 0 Å². The third kappa shape index (κ3) is 4.45. The van der Waals surface area contributed by atoms with Crippen LogP contribution in [0.5, 0.6) is 0 Å². The molecular formula is C18H20N2O2. The van der Waals surface area contributed by atoms with Gasteiger partial charge in [0.1, 0.15) is 0 Å². The quantitative estimate of drug-likeness (QED) is 0.911. The molecule has 4 heteroatoms. The van der Waals surface area contributed by atoms with Gasteiger partial charge in [-0.05, 0) is 56.2 Å². The standard InChI is InChI=1S/C18H20N2O2/c1-12-5-4-6-15(8-12)18(22)19-11-17(21)20-16-9-13(2)7-14(3)10-16/h4-10H,11H2,1-3H3,(H,19,22)(H,20,21). The summed E-state index contributed by atoms with van der Waals surface area (Å²) >= 11 is 0. The summed E-state index contributed by atoms with van der Waals surface area (Å²) in [5, 5.41) is 5.41. The van der Waals surface area contributed by atoms with Crippen LogP contribution in [0, 0.1) is 20.8 Å². The number of rotatable bonds is 4. The number of carbonyl (C=O) groups excluding carboxylic acids is 2. The van der Waals surface area contributed by atoms with Crippen molar-refractivity contribution >= 4 is 17.5 Å². The minimum absolute atomic E-state index is 0.0558. The Kier molecular flexibility index (Phi) is 4.94. The van der Waals surface area contributed by atoms with Gasteiger partial charge in [-0.15, -0.1) is 0 Å². The van der Waals surface area contributed by atoms with Gasteiger partial charge in [-0.25, -0.2) is 0 Å². The van der Waals surface area contributed by atoms with Gasteiger partial charge >= 0.3 is 0 Å². The maximum absolute atomic E-state index is 12.0. The number of anilines is 1. The van der Waals surface area contributed by atoms with Crippen molar-refractivity contribution in [2.24, 2.45) is 0 Å². The zero-order valence-corrected chi connectivity index (χ0v) is 13.1. The fraction of sp³-hybridized carbons (Fsp3) is 0.222. The second-order valence-corrected chi connectivity index (χ2v) is 5.48. The number of nitrogens with one attached hydrogen (secondary N) is 2. The highest BCUT2D eigenvalue weighted by Crippen LogP contribution is 2.13. The SMILES string of the molecule is Cc1cc(C)cc(NC(=O)CNC(=O)c2cccc(C)c2)c1. The Bertz CT molecular complexity index is 688. The lowest BCUT2D eigenvalue weighted by atomic mass is 10.1. The minimum Gasteiger partial charge on any atom is -0.343 e. The normalized spacial score (nSPS) is 10.1. The molecule has 2 N–H and O–H groups in total. The van der Waals surface area contributed by atoms with E-state index in [0.717, 1.165) is 22.4 Å². The van der Waals surface area contributed by atoms with E-state index in [1.165, 1.54) is 0 Å². The van der Waals surface area contributed by atoms with Gasteiger partial charge in [-0.3, -0.25) is 9.59 Å². The molecule has 0 aliphatic rings. The Morgan fingerprint density at radius 1 is 0.909 bits per heavy atom. The molecule has 0 unspecified atom stereocenters. The van der Waals surface area contributed by atoms with Crippen LogP contribution in [0.15, 0.2) is 42.5 Å². The minimum atomic E-state index is -0.251. The molecule has 22 heavy (non-hydrogen) atoms. The number of hydrogen-bond donors (Lipinski definition) is 2. The second-order valence-electron chi connectivity index (χ2n) is 5.48. The molecule has 2 rings (SSSR count). The van der Waals surface area contributed by atoms with Crippen LogP contribution in [0.4, 0.5) is 5.69 Å². The zero-order valence-electron chi connectivity index (χ0n) is 13.1. The number of benzene rings is 2. The van der Waals surface area contributed by atoms with E-state index >= 15 is 0 Å². The Hall–Kier alpha value is -2.62. The van der Waals surface area contributed by atoms with Crippen LogP contribution in [-0.4, -0.2) is 18.4 Å². The molecule has 0 aromatic heterocycles. The Morgan fingerprint density at radius 2 is 1.59 bits per heavy atom. The molecule has 0 radical (unpaired) electrons. The summed E-state index contributed by atoms with van der Waals surface area (Å²) in [6, 6.07) is 13.1. The third-order valence-corrected chi connectivity index (χ3v) is 3.20. The van der Waals surface area contributed by atoms with E-state index in [1.54, 1.807) is 12.1 Å². The molecule has 0 saturated heterocycles. The maximum Gasteiger partial charge on any atom is 0.251 e. The molecule has 2 aromatic carbocycles. The summed E-state index contributed by atoms with van der Waals surface area (Å²) in [5.74, 6) is -0.495. The predicted molar refractivity (Wildman–Crippen MR) is 88.1 cm³/mol. The Labute approximate surface area is 130 Å². The summed E-state index contributed by atoms with van der Waals surface area (Å²) in [6.07, 6.45) is 0. The van der Waals surface area contributed by atoms with E-state index in [2.05, 4.69) is 10.6 Å². The van der Waals surface area contributed by atoms with Crippen LogP contribution in [0.2, 0.25) is 0 Å². The lowest BCUT2D eigenvalue weighted by molar-refractivity contribution is -0.115. The van der Waals surface area contributed by atoms with Gasteiger partial charge in [0.2, 0.25) is 5.91 Å². The molecular weight excluding hydrogens is 276 g/mol. The molecule has 0 aliphatic carbocycles. The first-order valence-electron chi connectivity index (χ1n) is 7.17. The van der Waals surface area contributed by atoms with Gasteiger partial charge in [0.05, 0.1) is 6.54 Å². The van der Waals surface area contributed by atoms with Crippen LogP contribution in [-0.2, 0) is 4.79 Å². The first kappa shape index (κ1) is 15.8. The average molecular weight is 296 g/mol. The molecule has 114 valence electrons. The summed E-state index contributed by atoms with van der Waals surface area (Å²) in [5.41, 5.74) is 4.47. The summed E-state index contributed by atoms with van der Waals surface area (Å²) in [4.78, 5) is 23.9. The molecule has 2 amide bonds. The van der Waals surface area contributed by atoms with Crippen molar-refractivity contribution in [2.45, 2.75) is 20.8 Å². The molecule has 0 fully saturated rings. The van der Waals surface area contributed by atoms with Crippen molar-refractivity contribution in [1.82, 2.24) is 5.32 Å². The van der Waals surface area contributed by atoms with Gasteiger partial charge in [0, 0.05) is 11.3 Å². The Morgan fingerprint density at radius 3 is 2.23 bits per heavy atom. The lowest BCUT2D eigenvalue weighted by Gasteiger charge is -2.09. The van der Waals surface area contributed by atoms with Crippen LogP contribution in [0.1, 0.15) is 27.0 Å². The van der Waals surface area contributed by atoms with E-state index in [4.69, 9.17) is 0 Å². The fourth-order valence-electron chi connectivity index (χ4n) is 2.30. The number of hydrogen-bond acceptors (Lipinski definition) is 2. The lowest BCUT2D eigenvalue weighted by Crippen LogP contribution is -2.32. The number of amides is 2. The maximum atomic E-state index is 12.0. The van der Waals surface area contributed by atoms with E-state index in [1.807, 2.05) is 51.1 Å². The summed E-state index contributed by atoms with van der Waals surface area (Å²) in [7, 11) is 0. The van der Waals surface area contributed by atoms with Gasteiger partial charge in [-0.1, -0.05) is 23.8 Å². The summed E-state index contributed by atoms with van der Waals surface area (Å²) in [6.45, 7) is 5.81.